The predicted molar refractivity (Wildman–Crippen MR) is 145 cm³/mol. The highest BCUT2D eigenvalue weighted by Gasteiger charge is 2.45. The highest BCUT2D eigenvalue weighted by atomic mass is 35.5. The van der Waals surface area contributed by atoms with Crippen LogP contribution in [-0.4, -0.2) is 49.4 Å². The highest BCUT2D eigenvalue weighted by molar-refractivity contribution is 7.89. The highest BCUT2D eigenvalue weighted by Crippen LogP contribution is 2.41. The van der Waals surface area contributed by atoms with Crippen LogP contribution in [0.3, 0.4) is 0 Å². The summed E-state index contributed by atoms with van der Waals surface area (Å²) in [7, 11) is -3.29. The fourth-order valence-corrected chi connectivity index (χ4v) is 7.60. The molecule has 0 bridgehead atoms. The summed E-state index contributed by atoms with van der Waals surface area (Å²) >= 11 is 6.57. The Bertz CT molecular complexity index is 1290. The molecule has 3 aliphatic rings. The van der Waals surface area contributed by atoms with Crippen LogP contribution < -0.4 is 10.2 Å². The molecule has 0 unspecified atom stereocenters. The zero-order valence-corrected chi connectivity index (χ0v) is 22.8. The minimum atomic E-state index is -3.29. The van der Waals surface area contributed by atoms with Gasteiger partial charge in [-0.3, -0.25) is 14.5 Å². The molecule has 2 aromatic carbocycles. The number of nitrogens with one attached hydrogen (secondary N) is 1. The van der Waals surface area contributed by atoms with Gasteiger partial charge in [-0.15, -0.1) is 0 Å². The summed E-state index contributed by atoms with van der Waals surface area (Å²) in [6.07, 6.45) is 5.71. The normalized spacial score (nSPS) is 22.8. The van der Waals surface area contributed by atoms with Crippen molar-refractivity contribution in [2.75, 3.05) is 23.7 Å². The molecule has 1 aliphatic heterocycles. The molecule has 1 N–H and O–H groups in total. The maximum Gasteiger partial charge on any atom is 0.248 e. The largest absolute Gasteiger partial charge is 0.351 e. The molecule has 0 aromatic heterocycles. The fourth-order valence-electron chi connectivity index (χ4n) is 5.64. The van der Waals surface area contributed by atoms with Crippen LogP contribution in [0, 0.1) is 17.7 Å². The van der Waals surface area contributed by atoms with Crippen molar-refractivity contribution in [1.82, 2.24) is 9.62 Å². The summed E-state index contributed by atoms with van der Waals surface area (Å²) in [4.78, 5) is 29.3. The Labute approximate surface area is 228 Å². The lowest BCUT2D eigenvalue weighted by Crippen LogP contribution is -2.51. The van der Waals surface area contributed by atoms with Crippen LogP contribution in [0.5, 0.6) is 0 Å². The van der Waals surface area contributed by atoms with Crippen LogP contribution in [0.15, 0.2) is 48.5 Å². The number of sulfonamides is 1. The number of hydrogen-bond donors (Lipinski definition) is 1. The third-order valence-corrected chi connectivity index (χ3v) is 10.2. The number of carbonyl (C=O) groups excluding carboxylic acids is 2. The second-order valence-corrected chi connectivity index (χ2v) is 13.1. The van der Waals surface area contributed by atoms with Gasteiger partial charge in [-0.2, -0.15) is 4.31 Å². The van der Waals surface area contributed by atoms with E-state index in [-0.39, 0.29) is 35.2 Å². The van der Waals surface area contributed by atoms with Crippen molar-refractivity contribution < 1.29 is 22.4 Å². The molecule has 2 amide bonds. The topological polar surface area (TPSA) is 86.6 Å². The molecular weight excluding hydrogens is 529 g/mol. The van der Waals surface area contributed by atoms with Crippen molar-refractivity contribution >= 4 is 39.1 Å². The van der Waals surface area contributed by atoms with Gasteiger partial charge >= 0.3 is 0 Å². The number of halogens is 2. The maximum absolute atomic E-state index is 14.4. The Morgan fingerprint density at radius 3 is 2.42 bits per heavy atom. The molecule has 1 saturated heterocycles. The third kappa shape index (κ3) is 6.05. The number of amides is 2. The van der Waals surface area contributed by atoms with Crippen molar-refractivity contribution in [2.45, 2.75) is 57.0 Å². The minimum absolute atomic E-state index is 0.00131. The molecular formula is C28H33ClFN3O4S. The Balaban J connectivity index is 1.45. The van der Waals surface area contributed by atoms with Gasteiger partial charge in [0, 0.05) is 41.3 Å². The molecule has 3 fully saturated rings. The van der Waals surface area contributed by atoms with E-state index in [0.29, 0.717) is 36.5 Å². The van der Waals surface area contributed by atoms with Gasteiger partial charge in [-0.1, -0.05) is 55.1 Å². The Morgan fingerprint density at radius 2 is 1.76 bits per heavy atom. The van der Waals surface area contributed by atoms with E-state index in [1.165, 1.54) is 27.4 Å². The number of benzene rings is 2. The molecule has 0 radical (unpaired) electrons. The smallest absolute Gasteiger partial charge is 0.248 e. The van der Waals surface area contributed by atoms with E-state index in [1.54, 1.807) is 30.3 Å². The standard InChI is InChI=1S/C28H33ClFN3O4S/c29-25-12-5-4-11-24(25)26(27(34)31-22-8-2-1-3-9-22)33(23-10-6-7-21(30)17-23)28(35)20-15-19(16-20)18-38(36,37)32-13-14-32/h4-7,10-12,17,19-20,22,26H,1-3,8-9,13-16,18H2,(H,31,34)/t19?,20?,26-/m0/s1. The lowest BCUT2D eigenvalue weighted by molar-refractivity contribution is -0.131. The van der Waals surface area contributed by atoms with Gasteiger partial charge in [0.05, 0.1) is 5.75 Å². The first kappa shape index (κ1) is 27.1. The molecule has 7 nitrogen and oxygen atoms in total. The quantitative estimate of drug-likeness (QED) is 0.451. The van der Waals surface area contributed by atoms with Gasteiger partial charge in [0.15, 0.2) is 0 Å². The summed E-state index contributed by atoms with van der Waals surface area (Å²) in [6, 6.07) is 11.5. The Hall–Kier alpha value is -2.49. The van der Waals surface area contributed by atoms with Crippen LogP contribution in [0.25, 0.3) is 0 Å². The van der Waals surface area contributed by atoms with Gasteiger partial charge in [0.2, 0.25) is 21.8 Å². The van der Waals surface area contributed by atoms with Crippen LogP contribution >= 0.6 is 11.6 Å². The monoisotopic (exact) mass is 561 g/mol. The van der Waals surface area contributed by atoms with Crippen molar-refractivity contribution in [1.29, 1.82) is 0 Å². The zero-order valence-electron chi connectivity index (χ0n) is 21.2. The SMILES string of the molecule is O=C(NC1CCCCC1)[C@H](c1ccccc1Cl)N(C(=O)C1CC(CS(=O)(=O)N2CC2)C1)c1cccc(F)c1. The zero-order chi connectivity index (χ0) is 26.9. The van der Waals surface area contributed by atoms with E-state index in [4.69, 9.17) is 11.6 Å². The number of anilines is 1. The lowest BCUT2D eigenvalue weighted by atomic mass is 9.75. The number of nitrogens with zero attached hydrogens (tertiary/aromatic N) is 2. The summed E-state index contributed by atoms with van der Waals surface area (Å²) in [5.74, 6) is -1.80. The summed E-state index contributed by atoms with van der Waals surface area (Å²) in [6.45, 7) is 1.11. The first-order valence-corrected chi connectivity index (χ1v) is 15.3. The van der Waals surface area contributed by atoms with Crippen LogP contribution in [0.1, 0.15) is 56.6 Å². The van der Waals surface area contributed by atoms with Gasteiger partial charge in [-0.25, -0.2) is 12.8 Å². The van der Waals surface area contributed by atoms with Gasteiger partial charge in [0.1, 0.15) is 11.9 Å². The number of carbonyl (C=O) groups is 2. The molecule has 10 heteroatoms. The second-order valence-electron chi connectivity index (χ2n) is 10.7. The molecule has 2 aromatic rings. The molecule has 1 atom stereocenters. The van der Waals surface area contributed by atoms with Crippen LogP contribution in [-0.2, 0) is 19.6 Å². The van der Waals surface area contributed by atoms with E-state index >= 15 is 0 Å². The molecule has 0 spiro atoms. The molecule has 5 rings (SSSR count). The molecule has 1 heterocycles. The Kier molecular flexibility index (Phi) is 8.07. The van der Waals surface area contributed by atoms with E-state index in [9.17, 15) is 22.4 Å². The van der Waals surface area contributed by atoms with Gasteiger partial charge in [0.25, 0.3) is 0 Å². The molecule has 204 valence electrons. The second kappa shape index (κ2) is 11.3. The number of rotatable bonds is 9. The van der Waals surface area contributed by atoms with Gasteiger partial charge in [-0.05, 0) is 55.9 Å². The van der Waals surface area contributed by atoms with Crippen molar-refractivity contribution in [2.24, 2.45) is 11.8 Å². The molecule has 2 saturated carbocycles. The molecule has 2 aliphatic carbocycles. The van der Waals surface area contributed by atoms with Gasteiger partial charge < -0.3 is 5.32 Å². The maximum atomic E-state index is 14.4. The summed E-state index contributed by atoms with van der Waals surface area (Å²) in [5.41, 5.74) is 0.721. The lowest BCUT2D eigenvalue weighted by Gasteiger charge is -2.40. The van der Waals surface area contributed by atoms with Crippen molar-refractivity contribution in [3.05, 3.63) is 64.9 Å². The minimum Gasteiger partial charge on any atom is -0.351 e. The average Bonchev–Trinajstić information content (AvgIpc) is 3.72. The summed E-state index contributed by atoms with van der Waals surface area (Å²) in [5, 5.41) is 3.46. The number of hydrogen-bond acceptors (Lipinski definition) is 4. The first-order valence-electron chi connectivity index (χ1n) is 13.3. The van der Waals surface area contributed by atoms with Crippen molar-refractivity contribution in [3.8, 4) is 0 Å². The summed E-state index contributed by atoms with van der Waals surface area (Å²) < 4.78 is 40.6. The van der Waals surface area contributed by atoms with Crippen LogP contribution in [0.4, 0.5) is 10.1 Å². The van der Waals surface area contributed by atoms with E-state index in [0.717, 1.165) is 32.1 Å². The van der Waals surface area contributed by atoms with Crippen LogP contribution in [0.2, 0.25) is 5.02 Å². The first-order chi connectivity index (χ1) is 18.2. The van der Waals surface area contributed by atoms with E-state index in [1.807, 2.05) is 0 Å². The third-order valence-electron chi connectivity index (χ3n) is 7.81. The fraction of sp³-hybridized carbons (Fsp3) is 0.500. The van der Waals surface area contributed by atoms with E-state index in [2.05, 4.69) is 5.32 Å². The molecule has 38 heavy (non-hydrogen) atoms. The predicted octanol–water partition coefficient (Wildman–Crippen LogP) is 4.67. The Morgan fingerprint density at radius 1 is 1.05 bits per heavy atom. The van der Waals surface area contributed by atoms with E-state index < -0.39 is 27.8 Å². The van der Waals surface area contributed by atoms with Crippen molar-refractivity contribution in [3.63, 3.8) is 0 Å². The average molecular weight is 562 g/mol.